The second-order valence-corrected chi connectivity index (χ2v) is 9.24. The van der Waals surface area contributed by atoms with Gasteiger partial charge in [0.2, 0.25) is 0 Å². The van der Waals surface area contributed by atoms with E-state index in [0.717, 1.165) is 25.7 Å². The zero-order valence-corrected chi connectivity index (χ0v) is 14.6. The topological polar surface area (TPSA) is 72.5 Å². The molecule has 0 radical (unpaired) electrons. The zero-order chi connectivity index (χ0) is 15.9. The van der Waals surface area contributed by atoms with Crippen molar-refractivity contribution in [3.8, 4) is 0 Å². The Morgan fingerprint density at radius 2 is 1.86 bits per heavy atom. The SMILES string of the molecule is CC(C)(C)OC(=O)NCCCCC=C1S(=O)CCCS1=O. The minimum atomic E-state index is -1.06. The number of carbonyl (C=O) groups is 1. The van der Waals surface area contributed by atoms with Crippen molar-refractivity contribution >= 4 is 27.7 Å². The van der Waals surface area contributed by atoms with Gasteiger partial charge in [-0.25, -0.2) is 4.79 Å². The minimum Gasteiger partial charge on any atom is -0.444 e. The van der Waals surface area contributed by atoms with Gasteiger partial charge in [0, 0.05) is 18.1 Å². The van der Waals surface area contributed by atoms with E-state index in [-0.39, 0.29) is 0 Å². The molecule has 5 nitrogen and oxygen atoms in total. The molecule has 7 heteroatoms. The molecular weight excluding hydrogens is 310 g/mol. The molecule has 1 amide bonds. The summed E-state index contributed by atoms with van der Waals surface area (Å²) in [5, 5.41) is 2.69. The average molecular weight is 335 g/mol. The molecular formula is C14H25NO4S2. The van der Waals surface area contributed by atoms with Crippen molar-refractivity contribution < 1.29 is 17.9 Å². The summed E-state index contributed by atoms with van der Waals surface area (Å²) in [7, 11) is -2.13. The monoisotopic (exact) mass is 335 g/mol. The maximum absolute atomic E-state index is 11.7. The molecule has 1 saturated heterocycles. The first-order valence-electron chi connectivity index (χ1n) is 7.23. The standard InChI is InChI=1S/C14H25NO4S2/c1-14(2,3)19-13(16)15-9-6-4-5-8-12-20(17)10-7-11-21(12)18/h8H,4-7,9-11H2,1-3H3,(H,15,16). The third kappa shape index (κ3) is 7.76. The summed E-state index contributed by atoms with van der Waals surface area (Å²) in [5.74, 6) is 1.25. The second kappa shape index (κ2) is 8.68. The highest BCUT2D eigenvalue weighted by molar-refractivity contribution is 8.09. The van der Waals surface area contributed by atoms with Crippen LogP contribution in [0.25, 0.3) is 0 Å². The van der Waals surface area contributed by atoms with Gasteiger partial charge in [-0.05, 0) is 46.5 Å². The van der Waals surface area contributed by atoms with Crippen LogP contribution < -0.4 is 5.32 Å². The van der Waals surface area contributed by atoms with E-state index in [0.29, 0.717) is 22.3 Å². The summed E-state index contributed by atoms with van der Waals surface area (Å²) in [6, 6.07) is 0. The van der Waals surface area contributed by atoms with Gasteiger partial charge in [-0.3, -0.25) is 8.42 Å². The van der Waals surface area contributed by atoms with Crippen molar-refractivity contribution in [3.63, 3.8) is 0 Å². The first-order chi connectivity index (χ1) is 9.79. The van der Waals surface area contributed by atoms with Gasteiger partial charge >= 0.3 is 6.09 Å². The molecule has 122 valence electrons. The number of nitrogens with one attached hydrogen (secondary N) is 1. The molecule has 0 bridgehead atoms. The number of rotatable bonds is 5. The quantitative estimate of drug-likeness (QED) is 0.783. The Balaban J connectivity index is 2.18. The number of alkyl carbamates (subject to hydrolysis) is 1. The van der Waals surface area contributed by atoms with E-state index in [9.17, 15) is 13.2 Å². The number of carbonyl (C=O) groups excluding carboxylic acids is 1. The van der Waals surface area contributed by atoms with E-state index in [4.69, 9.17) is 4.74 Å². The highest BCUT2D eigenvalue weighted by Gasteiger charge is 2.20. The minimum absolute atomic E-state index is 0.407. The highest BCUT2D eigenvalue weighted by Crippen LogP contribution is 2.18. The predicted octanol–water partition coefficient (Wildman–Crippen LogP) is 2.42. The van der Waals surface area contributed by atoms with Crippen LogP contribution in [0, 0.1) is 0 Å². The van der Waals surface area contributed by atoms with Crippen LogP contribution in [0.3, 0.4) is 0 Å². The Hall–Kier alpha value is -0.690. The Morgan fingerprint density at radius 1 is 1.24 bits per heavy atom. The van der Waals surface area contributed by atoms with Crippen LogP contribution in [0.15, 0.2) is 10.3 Å². The average Bonchev–Trinajstić information content (AvgIpc) is 2.34. The van der Waals surface area contributed by atoms with Crippen LogP contribution in [-0.4, -0.2) is 38.2 Å². The Morgan fingerprint density at radius 3 is 2.43 bits per heavy atom. The fraction of sp³-hybridized carbons (Fsp3) is 0.786. The van der Waals surface area contributed by atoms with Gasteiger partial charge in [0.25, 0.3) is 0 Å². The van der Waals surface area contributed by atoms with Gasteiger partial charge in [-0.15, -0.1) is 0 Å². The van der Waals surface area contributed by atoms with Crippen LogP contribution in [0.2, 0.25) is 0 Å². The van der Waals surface area contributed by atoms with Crippen molar-refractivity contribution in [2.24, 2.45) is 0 Å². The highest BCUT2D eigenvalue weighted by atomic mass is 32.2. The molecule has 0 aliphatic carbocycles. The Labute approximate surface area is 131 Å². The molecule has 1 N–H and O–H groups in total. The van der Waals surface area contributed by atoms with Crippen molar-refractivity contribution in [1.29, 1.82) is 0 Å². The third-order valence-electron chi connectivity index (χ3n) is 2.72. The molecule has 1 rings (SSSR count). The van der Waals surface area contributed by atoms with E-state index >= 15 is 0 Å². The summed E-state index contributed by atoms with van der Waals surface area (Å²) in [5.41, 5.74) is -0.483. The summed E-state index contributed by atoms with van der Waals surface area (Å²) in [6.07, 6.45) is 4.61. The molecule has 2 unspecified atom stereocenters. The van der Waals surface area contributed by atoms with E-state index < -0.39 is 33.3 Å². The van der Waals surface area contributed by atoms with Crippen molar-refractivity contribution in [2.45, 2.75) is 52.1 Å². The van der Waals surface area contributed by atoms with Gasteiger partial charge in [-0.1, -0.05) is 6.08 Å². The summed E-state index contributed by atoms with van der Waals surface area (Å²) < 4.78 is 29.2. The second-order valence-electron chi connectivity index (χ2n) is 5.90. The molecule has 2 atom stereocenters. The maximum Gasteiger partial charge on any atom is 0.407 e. The molecule has 0 aromatic rings. The fourth-order valence-corrected chi connectivity index (χ4v) is 5.14. The number of allylic oxidation sites excluding steroid dienone is 1. The van der Waals surface area contributed by atoms with Crippen LogP contribution in [-0.2, 0) is 26.3 Å². The lowest BCUT2D eigenvalue weighted by Crippen LogP contribution is -2.32. The molecule has 21 heavy (non-hydrogen) atoms. The smallest absolute Gasteiger partial charge is 0.407 e. The van der Waals surface area contributed by atoms with Crippen LogP contribution in [0.5, 0.6) is 0 Å². The molecule has 0 saturated carbocycles. The van der Waals surface area contributed by atoms with Gasteiger partial charge in [-0.2, -0.15) is 0 Å². The van der Waals surface area contributed by atoms with E-state index in [1.165, 1.54) is 0 Å². The Kier molecular flexibility index (Phi) is 7.59. The maximum atomic E-state index is 11.7. The first-order valence-corrected chi connectivity index (χ1v) is 9.87. The van der Waals surface area contributed by atoms with Gasteiger partial charge in [0.15, 0.2) is 0 Å². The van der Waals surface area contributed by atoms with Gasteiger partial charge in [0.05, 0.1) is 25.8 Å². The molecule has 0 aromatic heterocycles. The van der Waals surface area contributed by atoms with Gasteiger partial charge in [0.1, 0.15) is 5.60 Å². The van der Waals surface area contributed by atoms with Crippen LogP contribution >= 0.6 is 0 Å². The van der Waals surface area contributed by atoms with E-state index in [1.54, 1.807) is 0 Å². The summed E-state index contributed by atoms with van der Waals surface area (Å²) in [4.78, 5) is 11.4. The lowest BCUT2D eigenvalue weighted by Gasteiger charge is -2.19. The predicted molar refractivity (Wildman–Crippen MR) is 86.8 cm³/mol. The fourth-order valence-electron chi connectivity index (χ4n) is 1.81. The van der Waals surface area contributed by atoms with Crippen molar-refractivity contribution in [1.82, 2.24) is 5.32 Å². The molecule has 0 aromatic carbocycles. The molecule has 1 heterocycles. The normalized spacial score (nSPS) is 22.7. The largest absolute Gasteiger partial charge is 0.444 e. The molecule has 1 aliphatic rings. The zero-order valence-electron chi connectivity index (χ0n) is 13.0. The molecule has 1 fully saturated rings. The van der Waals surface area contributed by atoms with Crippen LogP contribution in [0.1, 0.15) is 46.5 Å². The summed E-state index contributed by atoms with van der Waals surface area (Å²) >= 11 is 0. The lowest BCUT2D eigenvalue weighted by molar-refractivity contribution is 0.0527. The third-order valence-corrected chi connectivity index (χ3v) is 6.38. The number of hydrogen-bond donors (Lipinski definition) is 1. The van der Waals surface area contributed by atoms with Gasteiger partial charge < -0.3 is 10.1 Å². The van der Waals surface area contributed by atoms with Crippen molar-refractivity contribution in [3.05, 3.63) is 10.3 Å². The van der Waals surface area contributed by atoms with E-state index in [2.05, 4.69) is 5.32 Å². The number of unbranched alkanes of at least 4 members (excludes halogenated alkanes) is 2. The lowest BCUT2D eigenvalue weighted by atomic mass is 10.2. The summed E-state index contributed by atoms with van der Waals surface area (Å²) in [6.45, 7) is 6.01. The van der Waals surface area contributed by atoms with Crippen molar-refractivity contribution in [2.75, 3.05) is 18.1 Å². The number of amides is 1. The number of hydrogen-bond acceptors (Lipinski definition) is 4. The number of ether oxygens (including phenoxy) is 1. The molecule has 0 spiro atoms. The van der Waals surface area contributed by atoms with Crippen LogP contribution in [0.4, 0.5) is 4.79 Å². The Bertz CT molecular complexity index is 423. The van der Waals surface area contributed by atoms with E-state index in [1.807, 2.05) is 26.8 Å². The first kappa shape index (κ1) is 18.4. The molecule has 1 aliphatic heterocycles.